The van der Waals surface area contributed by atoms with Crippen LogP contribution in [-0.2, 0) is 45.2 Å². The molecule has 3 N–H and O–H groups in total. The first-order valence-corrected chi connectivity index (χ1v) is 26.8. The molecule has 77 heavy (non-hydrogen) atoms. The Kier molecular flexibility index (Phi) is 15.0. The third-order valence-corrected chi connectivity index (χ3v) is 15.8. The van der Waals surface area contributed by atoms with Crippen molar-refractivity contribution in [2.24, 2.45) is 21.7 Å². The van der Waals surface area contributed by atoms with E-state index in [4.69, 9.17) is 44.3 Å². The van der Waals surface area contributed by atoms with Crippen molar-refractivity contribution in [2.45, 2.75) is 53.9 Å². The third kappa shape index (κ3) is 11.6. The van der Waals surface area contributed by atoms with E-state index in [1.165, 1.54) is 34.5 Å². The molecule has 6 fully saturated rings. The molecular weight excluding hydrogens is 1050 g/mol. The van der Waals surface area contributed by atoms with Crippen molar-refractivity contribution < 1.29 is 28.7 Å². The Bertz CT molecular complexity index is 3370. The molecule has 0 aliphatic carbocycles. The number of rotatable bonds is 11. The Morgan fingerprint density at radius 2 is 1.01 bits per heavy atom. The molecule has 4 amide bonds. The maximum absolute atomic E-state index is 13.6. The molecule has 0 saturated carbocycles. The van der Waals surface area contributed by atoms with Crippen LogP contribution in [0.25, 0.3) is 22.1 Å². The zero-order valence-electron chi connectivity index (χ0n) is 43.4. The predicted molar refractivity (Wildman–Crippen MR) is 295 cm³/mol. The Balaban J connectivity index is 0.000000156. The number of hydrogen-bond donors (Lipinski definition) is 3. The molecule has 0 radical (unpaired) electrons. The number of nitrogens with one attached hydrogen (secondary N) is 3. The largest absolute Gasteiger partial charge is 0.380 e. The van der Waals surface area contributed by atoms with Crippen LogP contribution >= 0.6 is 34.8 Å². The fraction of sp³-hybridized carbons (Fsp3) is 0.429. The zero-order valence-corrected chi connectivity index (χ0v) is 45.7. The van der Waals surface area contributed by atoms with E-state index in [1.807, 2.05) is 18.2 Å². The first kappa shape index (κ1) is 54.0. The van der Waals surface area contributed by atoms with Gasteiger partial charge in [-0.1, -0.05) is 86.8 Å². The minimum atomic E-state index is -0.589. The van der Waals surface area contributed by atoms with Gasteiger partial charge >= 0.3 is 0 Å². The van der Waals surface area contributed by atoms with E-state index in [1.54, 1.807) is 64.5 Å². The summed E-state index contributed by atoms with van der Waals surface area (Å²) in [4.78, 5) is 93.3. The van der Waals surface area contributed by atoms with Gasteiger partial charge in [0.2, 0.25) is 11.8 Å². The summed E-state index contributed by atoms with van der Waals surface area (Å²) in [7, 11) is 0. The van der Waals surface area contributed by atoms with Crippen LogP contribution in [0.2, 0.25) is 15.1 Å². The van der Waals surface area contributed by atoms with Gasteiger partial charge in [-0.2, -0.15) is 0 Å². The number of amides is 4. The van der Waals surface area contributed by atoms with Gasteiger partial charge < -0.3 is 40.1 Å². The van der Waals surface area contributed by atoms with Gasteiger partial charge in [0, 0.05) is 110 Å². The molecule has 0 atom stereocenters. The number of likely N-dealkylation sites (tertiary alicyclic amines) is 2. The maximum atomic E-state index is 13.6. The van der Waals surface area contributed by atoms with Crippen molar-refractivity contribution in [3.05, 3.63) is 143 Å². The summed E-state index contributed by atoms with van der Waals surface area (Å²) in [6.45, 7) is 18.5. The van der Waals surface area contributed by atoms with Crippen LogP contribution in [0.15, 0.2) is 94.8 Å². The lowest BCUT2D eigenvalue weighted by Crippen LogP contribution is -2.66. The second-order valence-electron chi connectivity index (χ2n) is 22.9. The molecule has 18 nitrogen and oxygen atoms in total. The number of carbonyl (C=O) groups excluding carboxylic acids is 4. The summed E-state index contributed by atoms with van der Waals surface area (Å²) in [5.41, 5.74) is 2.95. The van der Waals surface area contributed by atoms with E-state index in [2.05, 4.69) is 58.5 Å². The molecule has 0 unspecified atom stereocenters. The summed E-state index contributed by atoms with van der Waals surface area (Å²) in [6, 6.07) is 20.7. The molecule has 6 aliphatic rings. The number of fused-ring (bicyclic) bond motifs is 2. The van der Waals surface area contributed by atoms with Crippen molar-refractivity contribution in [2.75, 3.05) is 83.7 Å². The van der Waals surface area contributed by atoms with Crippen molar-refractivity contribution in [1.29, 1.82) is 0 Å². The highest BCUT2D eigenvalue weighted by Gasteiger charge is 2.49. The van der Waals surface area contributed by atoms with Gasteiger partial charge in [0.15, 0.2) is 0 Å². The molecule has 10 heterocycles. The van der Waals surface area contributed by atoms with Crippen molar-refractivity contribution >= 4 is 86.2 Å². The van der Waals surface area contributed by atoms with Crippen molar-refractivity contribution in [3.63, 3.8) is 0 Å². The quantitative estimate of drug-likeness (QED) is 0.141. The summed E-state index contributed by atoms with van der Waals surface area (Å²) < 4.78 is 13.0. The molecule has 4 aromatic heterocycles. The second-order valence-corrected chi connectivity index (χ2v) is 24.2. The lowest BCUT2D eigenvalue weighted by atomic mass is 9.77. The molecule has 6 aromatic rings. The van der Waals surface area contributed by atoms with Gasteiger partial charge in [0.05, 0.1) is 36.9 Å². The van der Waals surface area contributed by atoms with Crippen LogP contribution in [0, 0.1) is 21.7 Å². The van der Waals surface area contributed by atoms with Gasteiger partial charge in [-0.15, -0.1) is 0 Å². The summed E-state index contributed by atoms with van der Waals surface area (Å²) in [5.74, 6) is -1.42. The zero-order chi connectivity index (χ0) is 54.4. The van der Waals surface area contributed by atoms with E-state index >= 15 is 0 Å². The summed E-state index contributed by atoms with van der Waals surface area (Å²) in [6.07, 6.45) is 3.13. The van der Waals surface area contributed by atoms with Crippen LogP contribution in [-0.4, -0.2) is 131 Å². The van der Waals surface area contributed by atoms with E-state index < -0.39 is 22.9 Å². The molecule has 0 bridgehead atoms. The standard InChI is InChI=1S/C28H30ClN5O4.C23H22Cl2N4O3.C5H9NO/c1-27(2)12-33(13-27)23(35)11-34-24-20(22(7-8-30-24)32-14-28(15-32)16-38-17-28)9-21(26(34)37)25(36)31-10-18-3-5-19(29)6-4-18;1-23(2)12-28(13-23)19(30)11-29-20-16(18(25)7-8-26-20)9-17(22(29)32)21(31)27-10-14-3-5-15(24)6-4-14;1-5(2-6-1)3-7-4-5/h3-9H,10-17H2,1-2H3,(H,31,36);3-9H,10-13H2,1-2H3,(H,27,31);6H,1-4H2. The Morgan fingerprint density at radius 3 is 1.40 bits per heavy atom. The normalized spacial score (nSPS) is 18.7. The minimum Gasteiger partial charge on any atom is -0.380 e. The van der Waals surface area contributed by atoms with Gasteiger partial charge in [0.1, 0.15) is 35.5 Å². The molecule has 21 heteroatoms. The van der Waals surface area contributed by atoms with Gasteiger partial charge in [-0.3, -0.25) is 37.9 Å². The molecule has 2 spiro atoms. The van der Waals surface area contributed by atoms with Crippen LogP contribution in [0.4, 0.5) is 5.69 Å². The van der Waals surface area contributed by atoms with Crippen LogP contribution < -0.4 is 32.0 Å². The highest BCUT2D eigenvalue weighted by Crippen LogP contribution is 2.42. The summed E-state index contributed by atoms with van der Waals surface area (Å²) in [5, 5.41) is 11.5. The topological polar surface area (TPSA) is 202 Å². The molecule has 6 aliphatic heterocycles. The van der Waals surface area contributed by atoms with E-state index in [0.29, 0.717) is 63.1 Å². The Labute approximate surface area is 459 Å². The summed E-state index contributed by atoms with van der Waals surface area (Å²) >= 11 is 18.2. The number of ether oxygens (including phenoxy) is 2. The maximum Gasteiger partial charge on any atom is 0.265 e. The van der Waals surface area contributed by atoms with Crippen molar-refractivity contribution in [1.82, 2.24) is 44.9 Å². The number of nitrogens with zero attached hydrogens (tertiary/aromatic N) is 7. The molecule has 404 valence electrons. The Morgan fingerprint density at radius 1 is 0.584 bits per heavy atom. The number of hydrogen-bond acceptors (Lipinski definition) is 12. The lowest BCUT2D eigenvalue weighted by molar-refractivity contribution is -0.142. The number of carbonyl (C=O) groups is 4. The van der Waals surface area contributed by atoms with Crippen LogP contribution in [0.1, 0.15) is 59.5 Å². The van der Waals surface area contributed by atoms with E-state index in [0.717, 1.165) is 56.3 Å². The average molecular weight is 1110 g/mol. The predicted octanol–water partition coefficient (Wildman–Crippen LogP) is 5.79. The number of halogens is 3. The third-order valence-electron chi connectivity index (χ3n) is 14.9. The number of pyridine rings is 4. The second kappa shape index (κ2) is 21.4. The number of anilines is 1. The van der Waals surface area contributed by atoms with Crippen LogP contribution in [0.3, 0.4) is 0 Å². The average Bonchev–Trinajstić information content (AvgIpc) is 3.32. The minimum absolute atomic E-state index is 0.0142. The first-order chi connectivity index (χ1) is 36.7. The van der Waals surface area contributed by atoms with Crippen molar-refractivity contribution in [3.8, 4) is 0 Å². The highest BCUT2D eigenvalue weighted by atomic mass is 35.5. The number of aromatic nitrogens is 4. The number of benzene rings is 2. The molecule has 2 aromatic carbocycles. The first-order valence-electron chi connectivity index (χ1n) is 25.6. The fourth-order valence-corrected chi connectivity index (χ4v) is 11.0. The smallest absolute Gasteiger partial charge is 0.265 e. The molecular formula is C56H61Cl3N10O8. The SMILES string of the molecule is C1NCC12COC2.CC1(C)CN(C(=O)Cn2c(=O)c(C(=O)NCc3ccc(Cl)cc3)cc3c(Cl)ccnc32)C1.CC1(C)CN(C(=O)Cn2c(=O)c(C(=O)NCc3ccc(Cl)cc3)cc3c(N4CC5(COC5)C4)ccnc32)C1. The van der Waals surface area contributed by atoms with Crippen LogP contribution in [0.5, 0.6) is 0 Å². The van der Waals surface area contributed by atoms with Gasteiger partial charge in [-0.05, 0) is 70.5 Å². The molecule has 12 rings (SSSR count). The van der Waals surface area contributed by atoms with E-state index in [-0.39, 0.29) is 71.0 Å². The molecule has 6 saturated heterocycles. The van der Waals surface area contributed by atoms with Gasteiger partial charge in [0.25, 0.3) is 22.9 Å². The fourth-order valence-electron chi connectivity index (χ4n) is 10.5. The van der Waals surface area contributed by atoms with Gasteiger partial charge in [-0.25, -0.2) is 9.97 Å². The Hall–Kier alpha value is -6.41. The lowest BCUT2D eigenvalue weighted by Gasteiger charge is -2.56. The highest BCUT2D eigenvalue weighted by molar-refractivity contribution is 6.35. The monoisotopic (exact) mass is 1110 g/mol. The van der Waals surface area contributed by atoms with E-state index in [9.17, 15) is 28.8 Å².